The van der Waals surface area contributed by atoms with Gasteiger partial charge in [0.2, 0.25) is 0 Å². The normalized spacial score (nSPS) is 15.2. The fourth-order valence-electron chi connectivity index (χ4n) is 4.90. The zero-order valence-electron chi connectivity index (χ0n) is 19.3. The molecule has 0 N–H and O–H groups in total. The van der Waals surface area contributed by atoms with Gasteiger partial charge in [-0.05, 0) is 79.8 Å². The van der Waals surface area contributed by atoms with Crippen LogP contribution >= 0.6 is 0 Å². The summed E-state index contributed by atoms with van der Waals surface area (Å²) >= 11 is 0. The molecule has 1 aliphatic rings. The van der Waals surface area contributed by atoms with Crippen LogP contribution in [-0.4, -0.2) is 24.5 Å². The van der Waals surface area contributed by atoms with Gasteiger partial charge in [0.15, 0.2) is 0 Å². The summed E-state index contributed by atoms with van der Waals surface area (Å²) in [6.07, 6.45) is 6.03. The molecule has 1 unspecified atom stereocenters. The third kappa shape index (κ3) is 6.30. The average Bonchev–Trinajstić information content (AvgIpc) is 3.71. The molecule has 0 saturated heterocycles. The van der Waals surface area contributed by atoms with Crippen LogP contribution in [0.4, 0.5) is 4.39 Å². The Labute approximate surface area is 197 Å². The van der Waals surface area contributed by atoms with E-state index in [4.69, 9.17) is 0 Å². The Hall–Kier alpha value is -2.96. The Morgan fingerprint density at radius 3 is 1.82 bits per heavy atom. The highest BCUT2D eigenvalue weighted by Gasteiger charge is 2.46. The van der Waals surface area contributed by atoms with Gasteiger partial charge in [0.05, 0.1) is 11.5 Å². The summed E-state index contributed by atoms with van der Waals surface area (Å²) in [6.45, 7) is 2.99. The lowest BCUT2D eigenvalue weighted by Gasteiger charge is -2.29. The summed E-state index contributed by atoms with van der Waals surface area (Å²) in [6, 6.07) is 30.6. The van der Waals surface area contributed by atoms with Crippen LogP contribution in [0.2, 0.25) is 0 Å². The molecule has 4 rings (SSSR count). The standard InChI is InChI=1S/C30H33FN2/c31-29-16-14-28(15-17-29)30(24-32,27-12-13-27)20-7-21-33(22-18-25-8-3-1-4-9-25)23-19-26-10-5-2-6-11-26/h1-6,8-11,14-17,27H,7,12-13,18-23H2. The van der Waals surface area contributed by atoms with Crippen molar-refractivity contribution in [2.45, 2.75) is 43.9 Å². The molecule has 1 saturated carbocycles. The highest BCUT2D eigenvalue weighted by atomic mass is 19.1. The smallest absolute Gasteiger partial charge is 0.123 e. The van der Waals surface area contributed by atoms with Gasteiger partial charge in [0.25, 0.3) is 0 Å². The minimum atomic E-state index is -0.488. The second kappa shape index (κ2) is 11.3. The van der Waals surface area contributed by atoms with Crippen molar-refractivity contribution in [2.75, 3.05) is 19.6 Å². The topological polar surface area (TPSA) is 27.0 Å². The maximum absolute atomic E-state index is 13.5. The fraction of sp³-hybridized carbons (Fsp3) is 0.367. The molecule has 2 nitrogen and oxygen atoms in total. The summed E-state index contributed by atoms with van der Waals surface area (Å²) in [7, 11) is 0. The molecule has 3 aromatic carbocycles. The summed E-state index contributed by atoms with van der Waals surface area (Å²) in [5.41, 5.74) is 3.21. The van der Waals surface area contributed by atoms with Gasteiger partial charge in [-0.3, -0.25) is 0 Å². The molecule has 0 spiro atoms. The first kappa shape index (κ1) is 23.2. The maximum atomic E-state index is 13.5. The van der Waals surface area contributed by atoms with Crippen LogP contribution in [0.25, 0.3) is 0 Å². The van der Waals surface area contributed by atoms with E-state index in [9.17, 15) is 9.65 Å². The van der Waals surface area contributed by atoms with Crippen molar-refractivity contribution >= 4 is 0 Å². The first-order valence-electron chi connectivity index (χ1n) is 12.2. The molecule has 0 aliphatic heterocycles. The van der Waals surface area contributed by atoms with Crippen molar-refractivity contribution in [3.63, 3.8) is 0 Å². The first-order valence-corrected chi connectivity index (χ1v) is 12.2. The van der Waals surface area contributed by atoms with Crippen molar-refractivity contribution < 1.29 is 4.39 Å². The van der Waals surface area contributed by atoms with Crippen LogP contribution in [0, 0.1) is 23.1 Å². The molecule has 1 aliphatic carbocycles. The number of halogens is 1. The van der Waals surface area contributed by atoms with E-state index in [0.29, 0.717) is 5.92 Å². The lowest BCUT2D eigenvalue weighted by atomic mass is 9.74. The minimum Gasteiger partial charge on any atom is -0.303 e. The molecule has 0 heterocycles. The van der Waals surface area contributed by atoms with Crippen LogP contribution in [0.3, 0.4) is 0 Å². The lowest BCUT2D eigenvalue weighted by molar-refractivity contribution is 0.262. The summed E-state index contributed by atoms with van der Waals surface area (Å²) in [4.78, 5) is 2.54. The molecule has 3 heteroatoms. The molecule has 1 fully saturated rings. The SMILES string of the molecule is N#CC(CCCN(CCc1ccccc1)CCc1ccccc1)(c1ccc(F)cc1)C1CC1. The van der Waals surface area contributed by atoms with E-state index >= 15 is 0 Å². The Morgan fingerprint density at radius 2 is 1.33 bits per heavy atom. The molecule has 3 aromatic rings. The summed E-state index contributed by atoms with van der Waals surface area (Å²) in [5, 5.41) is 10.2. The van der Waals surface area contributed by atoms with Gasteiger partial charge >= 0.3 is 0 Å². The van der Waals surface area contributed by atoms with Crippen LogP contribution in [0.15, 0.2) is 84.9 Å². The van der Waals surface area contributed by atoms with Gasteiger partial charge in [0.1, 0.15) is 5.82 Å². The first-order chi connectivity index (χ1) is 16.2. The van der Waals surface area contributed by atoms with Gasteiger partial charge < -0.3 is 4.90 Å². The largest absolute Gasteiger partial charge is 0.303 e. The number of nitriles is 1. The van der Waals surface area contributed by atoms with Crippen LogP contribution < -0.4 is 0 Å². The Bertz CT molecular complexity index is 979. The summed E-state index contributed by atoms with van der Waals surface area (Å²) < 4.78 is 13.5. The van der Waals surface area contributed by atoms with Gasteiger partial charge in [-0.15, -0.1) is 0 Å². The third-order valence-corrected chi connectivity index (χ3v) is 7.00. The molecule has 0 amide bonds. The van der Waals surface area contributed by atoms with E-state index in [1.807, 2.05) is 12.1 Å². The second-order valence-electron chi connectivity index (χ2n) is 9.28. The Morgan fingerprint density at radius 1 is 0.788 bits per heavy atom. The summed E-state index contributed by atoms with van der Waals surface area (Å²) in [5.74, 6) is 0.157. The molecular formula is C30H33FN2. The van der Waals surface area contributed by atoms with E-state index in [-0.39, 0.29) is 5.82 Å². The highest BCUT2D eigenvalue weighted by molar-refractivity contribution is 5.35. The molecule has 0 bridgehead atoms. The zero-order chi connectivity index (χ0) is 22.9. The quantitative estimate of drug-likeness (QED) is 0.319. The maximum Gasteiger partial charge on any atom is 0.123 e. The van der Waals surface area contributed by atoms with E-state index in [0.717, 1.165) is 63.7 Å². The second-order valence-corrected chi connectivity index (χ2v) is 9.28. The van der Waals surface area contributed by atoms with Crippen LogP contribution in [-0.2, 0) is 18.3 Å². The van der Waals surface area contributed by atoms with Crippen molar-refractivity contribution in [3.05, 3.63) is 107 Å². The van der Waals surface area contributed by atoms with Crippen molar-refractivity contribution in [1.82, 2.24) is 4.90 Å². The van der Waals surface area contributed by atoms with E-state index in [1.165, 1.54) is 23.3 Å². The molecule has 0 aromatic heterocycles. The fourth-order valence-corrected chi connectivity index (χ4v) is 4.90. The van der Waals surface area contributed by atoms with Crippen molar-refractivity contribution in [2.24, 2.45) is 5.92 Å². The van der Waals surface area contributed by atoms with Gasteiger partial charge in [-0.25, -0.2) is 4.39 Å². The number of nitrogens with zero attached hydrogens (tertiary/aromatic N) is 2. The minimum absolute atomic E-state index is 0.241. The predicted octanol–water partition coefficient (Wildman–Crippen LogP) is 6.56. The molecular weight excluding hydrogens is 407 g/mol. The number of benzene rings is 3. The predicted molar refractivity (Wildman–Crippen MR) is 132 cm³/mol. The van der Waals surface area contributed by atoms with Crippen LogP contribution in [0.5, 0.6) is 0 Å². The Balaban J connectivity index is 1.40. The highest BCUT2D eigenvalue weighted by Crippen LogP contribution is 2.49. The molecule has 33 heavy (non-hydrogen) atoms. The van der Waals surface area contributed by atoms with Crippen LogP contribution in [0.1, 0.15) is 42.4 Å². The van der Waals surface area contributed by atoms with Crippen molar-refractivity contribution in [3.8, 4) is 6.07 Å². The van der Waals surface area contributed by atoms with Crippen molar-refractivity contribution in [1.29, 1.82) is 5.26 Å². The van der Waals surface area contributed by atoms with E-state index < -0.39 is 5.41 Å². The molecule has 0 radical (unpaired) electrons. The Kier molecular flexibility index (Phi) is 7.92. The molecule has 170 valence electrons. The van der Waals surface area contributed by atoms with E-state index in [2.05, 4.69) is 71.6 Å². The number of hydrogen-bond acceptors (Lipinski definition) is 2. The average molecular weight is 441 g/mol. The number of hydrogen-bond donors (Lipinski definition) is 0. The zero-order valence-corrected chi connectivity index (χ0v) is 19.3. The number of rotatable bonds is 12. The van der Waals surface area contributed by atoms with E-state index in [1.54, 1.807) is 0 Å². The monoisotopic (exact) mass is 440 g/mol. The van der Waals surface area contributed by atoms with Gasteiger partial charge in [0, 0.05) is 13.1 Å². The molecule has 1 atom stereocenters. The van der Waals surface area contributed by atoms with Gasteiger partial charge in [-0.2, -0.15) is 5.26 Å². The lowest BCUT2D eigenvalue weighted by Crippen LogP contribution is -2.32. The third-order valence-electron chi connectivity index (χ3n) is 7.00. The van der Waals surface area contributed by atoms with Gasteiger partial charge in [-0.1, -0.05) is 72.8 Å².